The standard InChI is InChI=1S/C19H29N3O3/c1-14(16-3-2-4-18(23)11-16)20-19(24)21-17-5-8-22(9-6-17)12-15-7-10-25-13-15/h2-4,11,14-15,17,23H,5-10,12-13H2,1H3,(H2,20,21,24)/t14-,15?/m1/s1. The number of piperidine rings is 1. The number of phenolic OH excluding ortho intramolecular Hbond substituents is 1. The molecule has 3 N–H and O–H groups in total. The summed E-state index contributed by atoms with van der Waals surface area (Å²) >= 11 is 0. The van der Waals surface area contributed by atoms with Crippen LogP contribution in [-0.4, -0.2) is 54.9 Å². The molecule has 0 saturated carbocycles. The maximum absolute atomic E-state index is 12.2. The number of benzene rings is 1. The average Bonchev–Trinajstić information content (AvgIpc) is 3.09. The van der Waals surface area contributed by atoms with Gasteiger partial charge in [0.25, 0.3) is 0 Å². The zero-order valence-electron chi connectivity index (χ0n) is 14.9. The van der Waals surface area contributed by atoms with E-state index in [2.05, 4.69) is 15.5 Å². The van der Waals surface area contributed by atoms with Crippen molar-refractivity contribution in [2.75, 3.05) is 32.8 Å². The molecule has 3 rings (SSSR count). The molecule has 0 radical (unpaired) electrons. The highest BCUT2D eigenvalue weighted by Gasteiger charge is 2.24. The van der Waals surface area contributed by atoms with Gasteiger partial charge >= 0.3 is 6.03 Å². The summed E-state index contributed by atoms with van der Waals surface area (Å²) in [6.07, 6.45) is 3.15. The summed E-state index contributed by atoms with van der Waals surface area (Å²) in [7, 11) is 0. The quantitative estimate of drug-likeness (QED) is 0.764. The zero-order chi connectivity index (χ0) is 17.6. The fraction of sp³-hybridized carbons (Fsp3) is 0.632. The molecule has 25 heavy (non-hydrogen) atoms. The van der Waals surface area contributed by atoms with Gasteiger partial charge in [-0.05, 0) is 49.8 Å². The van der Waals surface area contributed by atoms with Crippen LogP contribution < -0.4 is 10.6 Å². The van der Waals surface area contributed by atoms with Gasteiger partial charge in [0.1, 0.15) is 5.75 Å². The number of nitrogens with zero attached hydrogens (tertiary/aromatic N) is 1. The van der Waals surface area contributed by atoms with Crippen molar-refractivity contribution in [2.24, 2.45) is 5.92 Å². The van der Waals surface area contributed by atoms with Crippen molar-refractivity contribution in [3.05, 3.63) is 29.8 Å². The Bertz CT molecular complexity index is 567. The first-order valence-electron chi connectivity index (χ1n) is 9.26. The number of carbonyl (C=O) groups excluding carboxylic acids is 1. The molecule has 0 bridgehead atoms. The first kappa shape index (κ1) is 18.0. The molecule has 6 nitrogen and oxygen atoms in total. The van der Waals surface area contributed by atoms with Gasteiger partial charge in [0.15, 0.2) is 0 Å². The van der Waals surface area contributed by atoms with Gasteiger partial charge in [0.2, 0.25) is 0 Å². The number of urea groups is 1. The Morgan fingerprint density at radius 2 is 2.16 bits per heavy atom. The second kappa shape index (κ2) is 8.54. The first-order chi connectivity index (χ1) is 12.1. The summed E-state index contributed by atoms with van der Waals surface area (Å²) in [4.78, 5) is 14.7. The molecule has 2 saturated heterocycles. The number of hydrogen-bond donors (Lipinski definition) is 3. The predicted molar refractivity (Wildman–Crippen MR) is 96.6 cm³/mol. The summed E-state index contributed by atoms with van der Waals surface area (Å²) in [6, 6.07) is 6.93. The summed E-state index contributed by atoms with van der Waals surface area (Å²) in [5.74, 6) is 0.891. The highest BCUT2D eigenvalue weighted by atomic mass is 16.5. The van der Waals surface area contributed by atoms with E-state index in [0.29, 0.717) is 5.92 Å². The maximum atomic E-state index is 12.2. The van der Waals surface area contributed by atoms with E-state index in [-0.39, 0.29) is 23.9 Å². The van der Waals surface area contributed by atoms with Crippen molar-refractivity contribution in [3.63, 3.8) is 0 Å². The Balaban J connectivity index is 1.38. The normalized spacial score (nSPS) is 23.3. The molecule has 2 fully saturated rings. The van der Waals surface area contributed by atoms with Crippen LogP contribution in [0.5, 0.6) is 5.75 Å². The average molecular weight is 347 g/mol. The third kappa shape index (κ3) is 5.34. The van der Waals surface area contributed by atoms with E-state index in [0.717, 1.165) is 51.3 Å². The van der Waals surface area contributed by atoms with Crippen LogP contribution in [0.25, 0.3) is 0 Å². The fourth-order valence-electron chi connectivity index (χ4n) is 3.65. The number of ether oxygens (including phenoxy) is 1. The van der Waals surface area contributed by atoms with Crippen molar-refractivity contribution >= 4 is 6.03 Å². The van der Waals surface area contributed by atoms with E-state index in [1.807, 2.05) is 13.0 Å². The van der Waals surface area contributed by atoms with Crippen LogP contribution in [-0.2, 0) is 4.74 Å². The topological polar surface area (TPSA) is 73.8 Å². The molecule has 0 spiro atoms. The Morgan fingerprint density at radius 1 is 1.36 bits per heavy atom. The molecule has 2 aliphatic rings. The van der Waals surface area contributed by atoms with E-state index in [4.69, 9.17) is 4.74 Å². The Kier molecular flexibility index (Phi) is 6.15. The Morgan fingerprint density at radius 3 is 2.84 bits per heavy atom. The van der Waals surface area contributed by atoms with Crippen LogP contribution in [0.3, 0.4) is 0 Å². The van der Waals surface area contributed by atoms with Gasteiger partial charge in [-0.3, -0.25) is 0 Å². The monoisotopic (exact) mass is 347 g/mol. The highest BCUT2D eigenvalue weighted by molar-refractivity contribution is 5.74. The van der Waals surface area contributed by atoms with Gasteiger partial charge in [0, 0.05) is 32.3 Å². The molecule has 0 aromatic heterocycles. The van der Waals surface area contributed by atoms with Gasteiger partial charge in [-0.15, -0.1) is 0 Å². The van der Waals surface area contributed by atoms with Crippen molar-refractivity contribution in [2.45, 2.75) is 38.3 Å². The first-order valence-corrected chi connectivity index (χ1v) is 9.26. The molecule has 1 unspecified atom stereocenters. The van der Waals surface area contributed by atoms with E-state index in [9.17, 15) is 9.90 Å². The Labute approximate surface area is 149 Å². The second-order valence-electron chi connectivity index (χ2n) is 7.24. The number of likely N-dealkylation sites (tertiary alicyclic amines) is 1. The van der Waals surface area contributed by atoms with Crippen molar-refractivity contribution in [3.8, 4) is 5.75 Å². The number of amides is 2. The van der Waals surface area contributed by atoms with Crippen LogP contribution in [0.2, 0.25) is 0 Å². The number of rotatable bonds is 5. The van der Waals surface area contributed by atoms with Gasteiger partial charge in [-0.25, -0.2) is 4.79 Å². The molecule has 1 aromatic carbocycles. The smallest absolute Gasteiger partial charge is 0.315 e. The second-order valence-corrected chi connectivity index (χ2v) is 7.24. The van der Waals surface area contributed by atoms with Crippen molar-refractivity contribution in [1.29, 1.82) is 0 Å². The summed E-state index contributed by atoms with van der Waals surface area (Å²) in [6.45, 7) is 6.90. The number of phenols is 1. The summed E-state index contributed by atoms with van der Waals surface area (Å²) in [5, 5.41) is 15.6. The lowest BCUT2D eigenvalue weighted by Crippen LogP contribution is -2.49. The van der Waals surface area contributed by atoms with Gasteiger partial charge in [-0.1, -0.05) is 12.1 Å². The number of nitrogens with one attached hydrogen (secondary N) is 2. The summed E-state index contributed by atoms with van der Waals surface area (Å²) < 4.78 is 5.45. The number of carbonyl (C=O) groups is 1. The molecular weight excluding hydrogens is 318 g/mol. The van der Waals surface area contributed by atoms with Crippen LogP contribution >= 0.6 is 0 Å². The third-order valence-electron chi connectivity index (χ3n) is 5.18. The van der Waals surface area contributed by atoms with Gasteiger partial charge in [0.05, 0.1) is 12.6 Å². The summed E-state index contributed by atoms with van der Waals surface area (Å²) in [5.41, 5.74) is 0.892. The minimum absolute atomic E-state index is 0.140. The van der Waals surface area contributed by atoms with E-state index >= 15 is 0 Å². The molecule has 2 amide bonds. The fourth-order valence-corrected chi connectivity index (χ4v) is 3.65. The molecular formula is C19H29N3O3. The lowest BCUT2D eigenvalue weighted by Gasteiger charge is -2.33. The largest absolute Gasteiger partial charge is 0.508 e. The molecule has 138 valence electrons. The van der Waals surface area contributed by atoms with Gasteiger partial charge in [-0.2, -0.15) is 0 Å². The lowest BCUT2D eigenvalue weighted by atomic mass is 10.0. The van der Waals surface area contributed by atoms with Crippen LogP contribution in [0.15, 0.2) is 24.3 Å². The highest BCUT2D eigenvalue weighted by Crippen LogP contribution is 2.19. The predicted octanol–water partition coefficient (Wildman–Crippen LogP) is 2.25. The zero-order valence-corrected chi connectivity index (χ0v) is 14.9. The Hall–Kier alpha value is -1.79. The third-order valence-corrected chi connectivity index (χ3v) is 5.18. The number of aromatic hydroxyl groups is 1. The van der Waals surface area contributed by atoms with Crippen molar-refractivity contribution < 1.29 is 14.6 Å². The molecule has 2 heterocycles. The van der Waals surface area contributed by atoms with E-state index in [1.165, 1.54) is 6.42 Å². The molecule has 2 atom stereocenters. The van der Waals surface area contributed by atoms with Crippen LogP contribution in [0.4, 0.5) is 4.79 Å². The molecule has 2 aliphatic heterocycles. The molecule has 1 aromatic rings. The van der Waals surface area contributed by atoms with E-state index < -0.39 is 0 Å². The molecule has 6 heteroatoms. The lowest BCUT2D eigenvalue weighted by molar-refractivity contribution is 0.147. The minimum Gasteiger partial charge on any atom is -0.508 e. The van der Waals surface area contributed by atoms with Crippen LogP contribution in [0, 0.1) is 5.92 Å². The minimum atomic E-state index is -0.144. The number of hydrogen-bond acceptors (Lipinski definition) is 4. The SMILES string of the molecule is C[C@@H](NC(=O)NC1CCN(CC2CCOC2)CC1)c1cccc(O)c1. The molecule has 0 aliphatic carbocycles. The van der Waals surface area contributed by atoms with E-state index in [1.54, 1.807) is 18.2 Å². The van der Waals surface area contributed by atoms with Crippen molar-refractivity contribution in [1.82, 2.24) is 15.5 Å². The van der Waals surface area contributed by atoms with Crippen LogP contribution in [0.1, 0.15) is 37.8 Å². The van der Waals surface area contributed by atoms with Gasteiger partial charge < -0.3 is 25.4 Å². The maximum Gasteiger partial charge on any atom is 0.315 e.